The number of piperazine rings is 1. The molecule has 24 heavy (non-hydrogen) atoms. The van der Waals surface area contributed by atoms with E-state index in [2.05, 4.69) is 21.2 Å². The van der Waals surface area contributed by atoms with Gasteiger partial charge in [-0.15, -0.1) is 5.10 Å². The molecular formula is C19H22N4O. The Morgan fingerprint density at radius 1 is 1.04 bits per heavy atom. The predicted molar refractivity (Wildman–Crippen MR) is 93.4 cm³/mol. The number of rotatable bonds is 2. The van der Waals surface area contributed by atoms with Crippen molar-refractivity contribution in [1.82, 2.24) is 15.1 Å². The third-order valence-electron chi connectivity index (χ3n) is 5.07. The molecule has 2 aliphatic rings. The number of hydrogen-bond acceptors (Lipinski definition) is 4. The molecule has 0 saturated carbocycles. The largest absolute Gasteiger partial charge is 0.352 e. The maximum absolute atomic E-state index is 12.7. The molecule has 1 aliphatic carbocycles. The van der Waals surface area contributed by atoms with Crippen molar-refractivity contribution in [2.24, 2.45) is 0 Å². The highest BCUT2D eigenvalue weighted by Gasteiger charge is 2.24. The minimum atomic E-state index is 0.132. The second kappa shape index (κ2) is 6.23. The van der Waals surface area contributed by atoms with Crippen LogP contribution in [0, 0.1) is 6.92 Å². The summed E-state index contributed by atoms with van der Waals surface area (Å²) in [6, 6.07) is 9.99. The van der Waals surface area contributed by atoms with E-state index in [1.807, 2.05) is 36.1 Å². The highest BCUT2D eigenvalue weighted by atomic mass is 16.2. The molecule has 1 aromatic heterocycles. The van der Waals surface area contributed by atoms with Crippen molar-refractivity contribution in [3.05, 3.63) is 52.7 Å². The van der Waals surface area contributed by atoms with E-state index < -0.39 is 0 Å². The molecule has 1 saturated heterocycles. The SMILES string of the molecule is Cc1ccccc1C(=O)N1CCN(c2cc3c(nn2)CCC3)CC1. The average Bonchev–Trinajstić information content (AvgIpc) is 3.09. The third-order valence-corrected chi connectivity index (χ3v) is 5.07. The Kier molecular flexibility index (Phi) is 3.92. The maximum atomic E-state index is 12.7. The van der Waals surface area contributed by atoms with E-state index in [1.54, 1.807) is 0 Å². The Hall–Kier alpha value is -2.43. The summed E-state index contributed by atoms with van der Waals surface area (Å²) in [5.41, 5.74) is 4.35. The molecular weight excluding hydrogens is 300 g/mol. The fourth-order valence-corrected chi connectivity index (χ4v) is 3.59. The lowest BCUT2D eigenvalue weighted by Gasteiger charge is -2.35. The van der Waals surface area contributed by atoms with Gasteiger partial charge in [0, 0.05) is 31.7 Å². The van der Waals surface area contributed by atoms with Gasteiger partial charge in [-0.1, -0.05) is 18.2 Å². The molecule has 1 aromatic carbocycles. The Morgan fingerprint density at radius 3 is 2.62 bits per heavy atom. The molecule has 1 aliphatic heterocycles. The number of fused-ring (bicyclic) bond motifs is 1. The lowest BCUT2D eigenvalue weighted by molar-refractivity contribution is 0.0745. The van der Waals surface area contributed by atoms with Crippen LogP contribution in [0.1, 0.15) is 33.6 Å². The molecule has 0 unspecified atom stereocenters. The predicted octanol–water partition coefficient (Wildman–Crippen LogP) is 2.24. The minimum Gasteiger partial charge on any atom is -0.352 e. The van der Waals surface area contributed by atoms with Gasteiger partial charge in [0.05, 0.1) is 5.69 Å². The number of amides is 1. The first kappa shape index (κ1) is 15.1. The molecule has 1 fully saturated rings. The first-order valence-electron chi connectivity index (χ1n) is 8.68. The Labute approximate surface area is 142 Å². The zero-order valence-corrected chi connectivity index (χ0v) is 14.0. The summed E-state index contributed by atoms with van der Waals surface area (Å²) < 4.78 is 0. The van der Waals surface area contributed by atoms with Crippen molar-refractivity contribution in [2.45, 2.75) is 26.2 Å². The fraction of sp³-hybridized carbons (Fsp3) is 0.421. The van der Waals surface area contributed by atoms with Crippen LogP contribution >= 0.6 is 0 Å². The fourth-order valence-electron chi connectivity index (χ4n) is 3.59. The molecule has 0 N–H and O–H groups in total. The van der Waals surface area contributed by atoms with Crippen LogP contribution in [0.4, 0.5) is 5.82 Å². The van der Waals surface area contributed by atoms with Crippen molar-refractivity contribution >= 4 is 11.7 Å². The van der Waals surface area contributed by atoms with E-state index in [0.717, 1.165) is 61.7 Å². The van der Waals surface area contributed by atoms with Crippen LogP contribution in [0.25, 0.3) is 0 Å². The van der Waals surface area contributed by atoms with Gasteiger partial charge in [0.15, 0.2) is 5.82 Å². The number of hydrogen-bond donors (Lipinski definition) is 0. The first-order chi connectivity index (χ1) is 11.7. The summed E-state index contributed by atoms with van der Waals surface area (Å²) in [4.78, 5) is 16.9. The molecule has 5 nitrogen and oxygen atoms in total. The van der Waals surface area contributed by atoms with Crippen LogP contribution in [0.15, 0.2) is 30.3 Å². The molecule has 4 rings (SSSR count). The number of aromatic nitrogens is 2. The quantitative estimate of drug-likeness (QED) is 0.851. The number of carbonyl (C=O) groups is 1. The summed E-state index contributed by atoms with van der Waals surface area (Å²) in [6.45, 7) is 5.07. The van der Waals surface area contributed by atoms with Gasteiger partial charge in [0.2, 0.25) is 0 Å². The van der Waals surface area contributed by atoms with Gasteiger partial charge >= 0.3 is 0 Å². The number of aryl methyl sites for hydroxylation is 3. The van der Waals surface area contributed by atoms with Crippen LogP contribution in [-0.2, 0) is 12.8 Å². The monoisotopic (exact) mass is 322 g/mol. The highest BCUT2D eigenvalue weighted by Crippen LogP contribution is 2.23. The standard InChI is InChI=1S/C19H22N4O/c1-14-5-2-3-7-16(14)19(24)23-11-9-22(10-12-23)18-13-15-6-4-8-17(15)20-21-18/h2-3,5,7,13H,4,6,8-12H2,1H3. The summed E-state index contributed by atoms with van der Waals surface area (Å²) in [5.74, 6) is 1.09. The minimum absolute atomic E-state index is 0.132. The van der Waals surface area contributed by atoms with Crippen LogP contribution < -0.4 is 4.90 Å². The van der Waals surface area contributed by atoms with Gasteiger partial charge in [0.25, 0.3) is 5.91 Å². The molecule has 2 aromatic rings. The van der Waals surface area contributed by atoms with E-state index in [0.29, 0.717) is 0 Å². The Morgan fingerprint density at radius 2 is 1.83 bits per heavy atom. The number of benzene rings is 1. The number of anilines is 1. The summed E-state index contributed by atoms with van der Waals surface area (Å²) in [5, 5.41) is 8.76. The zero-order valence-electron chi connectivity index (χ0n) is 14.0. The van der Waals surface area contributed by atoms with Crippen LogP contribution in [0.2, 0.25) is 0 Å². The van der Waals surface area contributed by atoms with Crippen molar-refractivity contribution in [3.63, 3.8) is 0 Å². The molecule has 0 atom stereocenters. The van der Waals surface area contributed by atoms with Gasteiger partial charge in [-0.2, -0.15) is 5.10 Å². The average molecular weight is 322 g/mol. The first-order valence-corrected chi connectivity index (χ1v) is 8.68. The maximum Gasteiger partial charge on any atom is 0.254 e. The van der Waals surface area contributed by atoms with Gasteiger partial charge in [-0.05, 0) is 49.4 Å². The van der Waals surface area contributed by atoms with Crippen LogP contribution in [0.5, 0.6) is 0 Å². The molecule has 0 radical (unpaired) electrons. The van der Waals surface area contributed by atoms with Crippen molar-refractivity contribution in [2.75, 3.05) is 31.1 Å². The normalized spacial score (nSPS) is 17.0. The van der Waals surface area contributed by atoms with Gasteiger partial charge in [-0.3, -0.25) is 4.79 Å². The molecule has 2 heterocycles. The van der Waals surface area contributed by atoms with Crippen LogP contribution in [0.3, 0.4) is 0 Å². The summed E-state index contributed by atoms with van der Waals surface area (Å²) in [7, 11) is 0. The lowest BCUT2D eigenvalue weighted by Crippen LogP contribution is -2.49. The zero-order chi connectivity index (χ0) is 16.5. The number of carbonyl (C=O) groups excluding carboxylic acids is 1. The van der Waals surface area contributed by atoms with E-state index in [1.165, 1.54) is 12.0 Å². The van der Waals surface area contributed by atoms with E-state index >= 15 is 0 Å². The third kappa shape index (κ3) is 2.75. The second-order valence-corrected chi connectivity index (χ2v) is 6.62. The molecule has 124 valence electrons. The lowest BCUT2D eigenvalue weighted by atomic mass is 10.1. The van der Waals surface area contributed by atoms with Gasteiger partial charge in [0.1, 0.15) is 0 Å². The van der Waals surface area contributed by atoms with Crippen molar-refractivity contribution in [3.8, 4) is 0 Å². The van der Waals surface area contributed by atoms with E-state index in [4.69, 9.17) is 0 Å². The Bertz CT molecular complexity index is 766. The van der Waals surface area contributed by atoms with E-state index in [9.17, 15) is 4.79 Å². The number of nitrogens with zero attached hydrogens (tertiary/aromatic N) is 4. The molecule has 0 spiro atoms. The van der Waals surface area contributed by atoms with Crippen molar-refractivity contribution in [1.29, 1.82) is 0 Å². The summed E-state index contributed by atoms with van der Waals surface area (Å²) >= 11 is 0. The highest BCUT2D eigenvalue weighted by molar-refractivity contribution is 5.95. The van der Waals surface area contributed by atoms with Crippen LogP contribution in [-0.4, -0.2) is 47.2 Å². The van der Waals surface area contributed by atoms with Gasteiger partial charge in [-0.25, -0.2) is 0 Å². The van der Waals surface area contributed by atoms with E-state index in [-0.39, 0.29) is 5.91 Å². The Balaban J connectivity index is 1.43. The van der Waals surface area contributed by atoms with Crippen molar-refractivity contribution < 1.29 is 4.79 Å². The topological polar surface area (TPSA) is 49.3 Å². The molecule has 0 bridgehead atoms. The van der Waals surface area contributed by atoms with Gasteiger partial charge < -0.3 is 9.80 Å². The molecule has 5 heteroatoms. The second-order valence-electron chi connectivity index (χ2n) is 6.62. The molecule has 1 amide bonds. The summed E-state index contributed by atoms with van der Waals surface area (Å²) in [6.07, 6.45) is 3.36. The smallest absolute Gasteiger partial charge is 0.254 e.